The molecule has 0 saturated carbocycles. The maximum Gasteiger partial charge on any atom is 0.225 e. The molecule has 1 aromatic carbocycles. The Morgan fingerprint density at radius 1 is 1.19 bits per heavy atom. The Bertz CT molecular complexity index is 867. The Morgan fingerprint density at radius 2 is 2.00 bits per heavy atom. The molecular weight excluding hydrogens is 412 g/mol. The summed E-state index contributed by atoms with van der Waals surface area (Å²) in [5.74, 6) is 0.0592. The van der Waals surface area contributed by atoms with Gasteiger partial charge in [0.15, 0.2) is 0 Å². The van der Waals surface area contributed by atoms with Gasteiger partial charge in [0, 0.05) is 55.8 Å². The van der Waals surface area contributed by atoms with Gasteiger partial charge in [0.2, 0.25) is 11.8 Å². The van der Waals surface area contributed by atoms with Gasteiger partial charge in [0.05, 0.1) is 25.7 Å². The van der Waals surface area contributed by atoms with Gasteiger partial charge >= 0.3 is 0 Å². The molecule has 4 rings (SSSR count). The van der Waals surface area contributed by atoms with Crippen molar-refractivity contribution < 1.29 is 14.3 Å². The SMILES string of the molecule is O=C(NCc1cnc(-c2ccccc2)s1)C1CCC(=O)N(CCCN2CCOCC2)C1. The summed E-state index contributed by atoms with van der Waals surface area (Å²) in [4.78, 5) is 34.8. The summed E-state index contributed by atoms with van der Waals surface area (Å²) in [6, 6.07) is 10.0. The van der Waals surface area contributed by atoms with E-state index in [-0.39, 0.29) is 17.7 Å². The third-order valence-electron chi connectivity index (χ3n) is 5.89. The van der Waals surface area contributed by atoms with Crippen molar-refractivity contribution in [3.05, 3.63) is 41.4 Å². The predicted molar refractivity (Wildman–Crippen MR) is 121 cm³/mol. The van der Waals surface area contributed by atoms with Crippen LogP contribution in [-0.2, 0) is 20.9 Å². The number of nitrogens with zero attached hydrogens (tertiary/aromatic N) is 3. The molecule has 2 fully saturated rings. The number of morpholine rings is 1. The summed E-state index contributed by atoms with van der Waals surface area (Å²) in [6.45, 7) is 6.19. The lowest BCUT2D eigenvalue weighted by Gasteiger charge is -2.33. The highest BCUT2D eigenvalue weighted by atomic mass is 32.1. The van der Waals surface area contributed by atoms with Gasteiger partial charge in [-0.1, -0.05) is 30.3 Å². The number of nitrogens with one attached hydrogen (secondary N) is 1. The minimum absolute atomic E-state index is 0.0281. The Kier molecular flexibility index (Phi) is 7.66. The Labute approximate surface area is 187 Å². The average Bonchev–Trinajstić information content (AvgIpc) is 3.29. The smallest absolute Gasteiger partial charge is 0.225 e. The first kappa shape index (κ1) is 21.9. The minimum atomic E-state index is -0.136. The Morgan fingerprint density at radius 3 is 2.81 bits per heavy atom. The number of thiazole rings is 1. The van der Waals surface area contributed by atoms with Crippen LogP contribution in [0.2, 0.25) is 0 Å². The third kappa shape index (κ3) is 6.12. The lowest BCUT2D eigenvalue weighted by molar-refractivity contribution is -0.138. The standard InChI is InChI=1S/C23H30N4O3S/c28-21-8-7-19(17-27(21)10-4-9-26-11-13-30-14-12-26)22(29)24-15-20-16-25-23(31-20)18-5-2-1-3-6-18/h1-3,5-6,16,19H,4,7-15,17H2,(H,24,29). The predicted octanol–water partition coefficient (Wildman–Crippen LogP) is 2.39. The summed E-state index contributed by atoms with van der Waals surface area (Å²) >= 11 is 1.60. The van der Waals surface area contributed by atoms with Crippen molar-refractivity contribution in [2.24, 2.45) is 5.92 Å². The van der Waals surface area contributed by atoms with Gasteiger partial charge in [-0.3, -0.25) is 14.5 Å². The van der Waals surface area contributed by atoms with Crippen LogP contribution in [0.4, 0.5) is 0 Å². The number of hydrogen-bond acceptors (Lipinski definition) is 6. The van der Waals surface area contributed by atoms with Crippen molar-refractivity contribution in [3.63, 3.8) is 0 Å². The van der Waals surface area contributed by atoms with E-state index in [0.29, 0.717) is 25.9 Å². The molecule has 2 aliphatic heterocycles. The van der Waals surface area contributed by atoms with Crippen LogP contribution in [0, 0.1) is 5.92 Å². The summed E-state index contributed by atoms with van der Waals surface area (Å²) < 4.78 is 5.38. The van der Waals surface area contributed by atoms with Gasteiger partial charge in [0.1, 0.15) is 5.01 Å². The van der Waals surface area contributed by atoms with E-state index in [1.54, 1.807) is 11.3 Å². The zero-order valence-corrected chi connectivity index (χ0v) is 18.6. The lowest BCUT2D eigenvalue weighted by Crippen LogP contribution is -2.46. The van der Waals surface area contributed by atoms with Crippen molar-refractivity contribution >= 4 is 23.2 Å². The monoisotopic (exact) mass is 442 g/mol. The summed E-state index contributed by atoms with van der Waals surface area (Å²) in [5.41, 5.74) is 1.09. The first-order valence-electron chi connectivity index (χ1n) is 11.0. The van der Waals surface area contributed by atoms with E-state index in [4.69, 9.17) is 4.74 Å². The first-order chi connectivity index (χ1) is 15.2. The Hall–Kier alpha value is -2.29. The lowest BCUT2D eigenvalue weighted by atomic mass is 9.96. The molecule has 2 amide bonds. The highest BCUT2D eigenvalue weighted by Gasteiger charge is 2.30. The van der Waals surface area contributed by atoms with Crippen LogP contribution in [0.3, 0.4) is 0 Å². The van der Waals surface area contributed by atoms with Crippen LogP contribution in [0.25, 0.3) is 10.6 Å². The quantitative estimate of drug-likeness (QED) is 0.680. The molecule has 0 bridgehead atoms. The van der Waals surface area contributed by atoms with E-state index in [9.17, 15) is 9.59 Å². The molecule has 1 aromatic heterocycles. The van der Waals surface area contributed by atoms with E-state index in [2.05, 4.69) is 15.2 Å². The second-order valence-electron chi connectivity index (χ2n) is 8.10. The van der Waals surface area contributed by atoms with Crippen LogP contribution in [0.1, 0.15) is 24.1 Å². The molecular formula is C23H30N4O3S. The maximum atomic E-state index is 12.7. The molecule has 166 valence electrons. The number of benzene rings is 1. The van der Waals surface area contributed by atoms with Crippen LogP contribution in [-0.4, -0.2) is 72.5 Å². The number of amides is 2. The fraction of sp³-hybridized carbons (Fsp3) is 0.522. The van der Waals surface area contributed by atoms with E-state index < -0.39 is 0 Å². The van der Waals surface area contributed by atoms with E-state index in [1.165, 1.54) is 0 Å². The summed E-state index contributed by atoms with van der Waals surface area (Å²) in [6.07, 6.45) is 3.84. The molecule has 2 aromatic rings. The van der Waals surface area contributed by atoms with E-state index >= 15 is 0 Å². The normalized spacial score (nSPS) is 20.1. The van der Waals surface area contributed by atoms with Crippen molar-refractivity contribution in [2.45, 2.75) is 25.8 Å². The second-order valence-corrected chi connectivity index (χ2v) is 9.21. The minimum Gasteiger partial charge on any atom is -0.379 e. The molecule has 0 spiro atoms. The molecule has 8 heteroatoms. The average molecular weight is 443 g/mol. The van der Waals surface area contributed by atoms with Gasteiger partial charge in [0.25, 0.3) is 0 Å². The molecule has 31 heavy (non-hydrogen) atoms. The number of piperidine rings is 1. The summed E-state index contributed by atoms with van der Waals surface area (Å²) in [7, 11) is 0. The van der Waals surface area contributed by atoms with E-state index in [0.717, 1.165) is 61.3 Å². The molecule has 2 saturated heterocycles. The molecule has 7 nitrogen and oxygen atoms in total. The fourth-order valence-electron chi connectivity index (χ4n) is 4.08. The number of carbonyl (C=O) groups excluding carboxylic acids is 2. The van der Waals surface area contributed by atoms with Crippen LogP contribution < -0.4 is 5.32 Å². The highest BCUT2D eigenvalue weighted by molar-refractivity contribution is 7.15. The van der Waals surface area contributed by atoms with Crippen molar-refractivity contribution in [3.8, 4) is 10.6 Å². The molecule has 1 atom stereocenters. The van der Waals surface area contributed by atoms with Crippen LogP contribution >= 0.6 is 11.3 Å². The van der Waals surface area contributed by atoms with Gasteiger partial charge in [-0.2, -0.15) is 0 Å². The number of ether oxygens (including phenoxy) is 1. The molecule has 2 aliphatic rings. The number of hydrogen-bond donors (Lipinski definition) is 1. The van der Waals surface area contributed by atoms with E-state index in [1.807, 2.05) is 41.4 Å². The topological polar surface area (TPSA) is 74.8 Å². The Balaban J connectivity index is 1.23. The number of rotatable bonds is 8. The van der Waals surface area contributed by atoms with Crippen molar-refractivity contribution in [1.82, 2.24) is 20.1 Å². The first-order valence-corrected chi connectivity index (χ1v) is 11.9. The number of aromatic nitrogens is 1. The van der Waals surface area contributed by atoms with Gasteiger partial charge in [-0.25, -0.2) is 4.98 Å². The summed E-state index contributed by atoms with van der Waals surface area (Å²) in [5, 5.41) is 4.01. The van der Waals surface area contributed by atoms with Crippen molar-refractivity contribution in [1.29, 1.82) is 0 Å². The molecule has 0 aliphatic carbocycles. The number of likely N-dealkylation sites (tertiary alicyclic amines) is 1. The van der Waals surface area contributed by atoms with Gasteiger partial charge in [-0.05, 0) is 12.8 Å². The van der Waals surface area contributed by atoms with Crippen molar-refractivity contribution in [2.75, 3.05) is 45.9 Å². The van der Waals surface area contributed by atoms with Gasteiger partial charge < -0.3 is 15.0 Å². The van der Waals surface area contributed by atoms with Crippen LogP contribution in [0.15, 0.2) is 36.5 Å². The third-order valence-corrected chi connectivity index (χ3v) is 6.93. The number of carbonyl (C=O) groups is 2. The molecule has 3 heterocycles. The molecule has 0 radical (unpaired) electrons. The van der Waals surface area contributed by atoms with Gasteiger partial charge in [-0.15, -0.1) is 11.3 Å². The maximum absolute atomic E-state index is 12.7. The highest BCUT2D eigenvalue weighted by Crippen LogP contribution is 2.25. The zero-order valence-electron chi connectivity index (χ0n) is 17.8. The fourth-order valence-corrected chi connectivity index (χ4v) is 4.93. The van der Waals surface area contributed by atoms with Crippen LogP contribution in [0.5, 0.6) is 0 Å². The second kappa shape index (κ2) is 10.8. The largest absolute Gasteiger partial charge is 0.379 e. The molecule has 1 N–H and O–H groups in total. The zero-order chi connectivity index (χ0) is 21.5. The molecule has 1 unspecified atom stereocenters.